The summed E-state index contributed by atoms with van der Waals surface area (Å²) in [5.74, 6) is -0.365. The summed E-state index contributed by atoms with van der Waals surface area (Å²) in [6.45, 7) is 1.01. The highest BCUT2D eigenvalue weighted by Gasteiger charge is 2.24. The Morgan fingerprint density at radius 2 is 2.35 bits per heavy atom. The maximum Gasteiger partial charge on any atom is 0.229 e. The number of phenolic OH excluding ortho intramolecular Hbond substituents is 1. The van der Waals surface area contributed by atoms with E-state index < -0.39 is 0 Å². The van der Waals surface area contributed by atoms with E-state index in [0.717, 1.165) is 0 Å². The van der Waals surface area contributed by atoms with Crippen molar-refractivity contribution < 1.29 is 14.6 Å². The van der Waals surface area contributed by atoms with E-state index in [-0.39, 0.29) is 28.3 Å². The molecule has 1 atom stereocenters. The lowest BCUT2D eigenvalue weighted by atomic mass is 10.1. The fourth-order valence-electron chi connectivity index (χ4n) is 1.71. The van der Waals surface area contributed by atoms with Crippen LogP contribution in [0.4, 0.5) is 11.4 Å². The van der Waals surface area contributed by atoms with Crippen molar-refractivity contribution in [1.29, 1.82) is 0 Å². The lowest BCUT2D eigenvalue weighted by molar-refractivity contribution is -0.119. The molecule has 1 aromatic rings. The van der Waals surface area contributed by atoms with Crippen molar-refractivity contribution in [2.45, 2.75) is 6.42 Å². The number of ether oxygens (including phenoxy) is 1. The molecule has 0 bridgehead atoms. The standard InChI is InChI=1S/C11H13ClN2O3/c12-8-3-7(15)4-9(13)10(8)14-11(16)6-1-2-17-5-6/h3-4,6,15H,1-2,5,13H2,(H,14,16). The molecule has 1 fully saturated rings. The summed E-state index contributed by atoms with van der Waals surface area (Å²) in [6, 6.07) is 2.67. The van der Waals surface area contributed by atoms with Gasteiger partial charge in [0.2, 0.25) is 5.91 Å². The largest absolute Gasteiger partial charge is 0.508 e. The highest BCUT2D eigenvalue weighted by Crippen LogP contribution is 2.33. The number of hydrogen-bond acceptors (Lipinski definition) is 4. The third-order valence-electron chi connectivity index (χ3n) is 2.65. The quantitative estimate of drug-likeness (QED) is 0.554. The summed E-state index contributed by atoms with van der Waals surface area (Å²) in [6.07, 6.45) is 0.696. The number of carbonyl (C=O) groups excluding carboxylic acids is 1. The Balaban J connectivity index is 2.15. The summed E-state index contributed by atoms with van der Waals surface area (Å²) in [5, 5.41) is 12.1. The van der Waals surface area contributed by atoms with Gasteiger partial charge in [-0.1, -0.05) is 11.6 Å². The summed E-state index contributed by atoms with van der Waals surface area (Å²) in [7, 11) is 0. The van der Waals surface area contributed by atoms with Crippen LogP contribution in [0.2, 0.25) is 5.02 Å². The highest BCUT2D eigenvalue weighted by atomic mass is 35.5. The van der Waals surface area contributed by atoms with Crippen molar-refractivity contribution in [3.63, 3.8) is 0 Å². The Hall–Kier alpha value is -1.46. The predicted molar refractivity (Wildman–Crippen MR) is 65.1 cm³/mol. The van der Waals surface area contributed by atoms with Crippen LogP contribution in [0.5, 0.6) is 5.75 Å². The van der Waals surface area contributed by atoms with Gasteiger partial charge in [0.25, 0.3) is 0 Å². The normalized spacial score (nSPS) is 19.2. The molecule has 1 aliphatic rings. The minimum atomic E-state index is -0.167. The summed E-state index contributed by atoms with van der Waals surface area (Å²) < 4.78 is 5.13. The average molecular weight is 257 g/mol. The molecule has 4 N–H and O–H groups in total. The Morgan fingerprint density at radius 3 is 2.94 bits per heavy atom. The van der Waals surface area contributed by atoms with Gasteiger partial charge >= 0.3 is 0 Å². The zero-order valence-electron chi connectivity index (χ0n) is 9.07. The second-order valence-corrected chi connectivity index (χ2v) is 4.35. The molecule has 0 saturated carbocycles. The van der Waals surface area contributed by atoms with Crippen LogP contribution < -0.4 is 11.1 Å². The summed E-state index contributed by atoms with van der Waals surface area (Å²) >= 11 is 5.90. The molecule has 2 rings (SSSR count). The predicted octanol–water partition coefficient (Wildman–Crippen LogP) is 1.60. The fraction of sp³-hybridized carbons (Fsp3) is 0.364. The number of halogens is 1. The Kier molecular flexibility index (Phi) is 3.40. The topological polar surface area (TPSA) is 84.6 Å². The number of rotatable bonds is 2. The molecule has 0 spiro atoms. The molecule has 0 aliphatic carbocycles. The first-order valence-corrected chi connectivity index (χ1v) is 5.62. The minimum absolute atomic E-state index is 0.0327. The maximum atomic E-state index is 11.8. The van der Waals surface area contributed by atoms with Gasteiger partial charge in [0, 0.05) is 18.7 Å². The van der Waals surface area contributed by atoms with Crippen LogP contribution in [0, 0.1) is 5.92 Å². The van der Waals surface area contributed by atoms with Gasteiger partial charge in [-0.15, -0.1) is 0 Å². The van der Waals surface area contributed by atoms with E-state index in [4.69, 9.17) is 22.1 Å². The van der Waals surface area contributed by atoms with Gasteiger partial charge in [0.1, 0.15) is 5.75 Å². The van der Waals surface area contributed by atoms with Crippen molar-refractivity contribution in [1.82, 2.24) is 0 Å². The number of nitrogens with one attached hydrogen (secondary N) is 1. The van der Waals surface area contributed by atoms with E-state index in [9.17, 15) is 9.90 Å². The van der Waals surface area contributed by atoms with Crippen LogP contribution in [0.25, 0.3) is 0 Å². The van der Waals surface area contributed by atoms with Crippen molar-refractivity contribution in [3.05, 3.63) is 17.2 Å². The molecule has 1 unspecified atom stereocenters. The van der Waals surface area contributed by atoms with Crippen LogP contribution >= 0.6 is 11.6 Å². The van der Waals surface area contributed by atoms with Crippen LogP contribution in [-0.2, 0) is 9.53 Å². The number of phenols is 1. The number of amides is 1. The van der Waals surface area contributed by atoms with Crippen LogP contribution in [0.15, 0.2) is 12.1 Å². The van der Waals surface area contributed by atoms with Crippen LogP contribution in [0.3, 0.4) is 0 Å². The van der Waals surface area contributed by atoms with E-state index in [2.05, 4.69) is 5.32 Å². The van der Waals surface area contributed by atoms with Crippen molar-refractivity contribution in [3.8, 4) is 5.75 Å². The Morgan fingerprint density at radius 1 is 1.59 bits per heavy atom. The van der Waals surface area contributed by atoms with E-state index >= 15 is 0 Å². The Bertz CT molecular complexity index is 421. The van der Waals surface area contributed by atoms with E-state index in [0.29, 0.717) is 25.3 Å². The molecule has 6 heteroatoms. The van der Waals surface area contributed by atoms with Gasteiger partial charge in [0.05, 0.1) is 28.9 Å². The second kappa shape index (κ2) is 4.81. The van der Waals surface area contributed by atoms with Crippen molar-refractivity contribution >= 4 is 28.9 Å². The average Bonchev–Trinajstić information content (AvgIpc) is 2.76. The smallest absolute Gasteiger partial charge is 0.229 e. The Labute approximate surface area is 104 Å². The molecule has 1 amide bonds. The lowest BCUT2D eigenvalue weighted by Crippen LogP contribution is -2.23. The summed E-state index contributed by atoms with van der Waals surface area (Å²) in [4.78, 5) is 11.8. The van der Waals surface area contributed by atoms with E-state index in [1.54, 1.807) is 0 Å². The molecule has 1 aromatic carbocycles. The van der Waals surface area contributed by atoms with Gasteiger partial charge in [-0.3, -0.25) is 4.79 Å². The molecule has 17 heavy (non-hydrogen) atoms. The van der Waals surface area contributed by atoms with Crippen LogP contribution in [0.1, 0.15) is 6.42 Å². The van der Waals surface area contributed by atoms with E-state index in [1.165, 1.54) is 12.1 Å². The molecule has 0 aromatic heterocycles. The second-order valence-electron chi connectivity index (χ2n) is 3.94. The van der Waals surface area contributed by atoms with Crippen LogP contribution in [-0.4, -0.2) is 24.2 Å². The minimum Gasteiger partial charge on any atom is -0.508 e. The molecule has 1 saturated heterocycles. The van der Waals surface area contributed by atoms with Gasteiger partial charge in [-0.25, -0.2) is 0 Å². The van der Waals surface area contributed by atoms with Gasteiger partial charge in [0.15, 0.2) is 0 Å². The number of hydrogen-bond donors (Lipinski definition) is 3. The number of benzene rings is 1. The fourth-order valence-corrected chi connectivity index (χ4v) is 1.98. The first kappa shape index (κ1) is 12.0. The SMILES string of the molecule is Nc1cc(O)cc(Cl)c1NC(=O)C1CCOC1. The molecule has 5 nitrogen and oxygen atoms in total. The van der Waals surface area contributed by atoms with Gasteiger partial charge in [-0.05, 0) is 6.42 Å². The molecule has 1 aliphatic heterocycles. The molecule has 0 radical (unpaired) electrons. The molecular weight excluding hydrogens is 244 g/mol. The summed E-state index contributed by atoms with van der Waals surface area (Å²) in [5.41, 5.74) is 6.25. The van der Waals surface area contributed by atoms with Gasteiger partial charge < -0.3 is 20.9 Å². The van der Waals surface area contributed by atoms with Crippen molar-refractivity contribution in [2.24, 2.45) is 5.92 Å². The zero-order valence-corrected chi connectivity index (χ0v) is 9.83. The maximum absolute atomic E-state index is 11.8. The monoisotopic (exact) mass is 256 g/mol. The van der Waals surface area contributed by atoms with Crippen molar-refractivity contribution in [2.75, 3.05) is 24.3 Å². The number of nitrogens with two attached hydrogens (primary N) is 1. The molecular formula is C11H13ClN2O3. The number of anilines is 2. The molecule has 1 heterocycles. The first-order chi connectivity index (χ1) is 8.08. The van der Waals surface area contributed by atoms with E-state index in [1.807, 2.05) is 0 Å². The first-order valence-electron chi connectivity index (χ1n) is 5.24. The molecule has 92 valence electrons. The highest BCUT2D eigenvalue weighted by molar-refractivity contribution is 6.34. The number of aromatic hydroxyl groups is 1. The number of carbonyl (C=O) groups is 1. The third-order valence-corrected chi connectivity index (χ3v) is 2.95. The zero-order chi connectivity index (χ0) is 12.4. The third kappa shape index (κ3) is 2.62. The number of nitrogen functional groups attached to an aromatic ring is 1. The lowest BCUT2D eigenvalue weighted by Gasteiger charge is -2.13. The van der Waals surface area contributed by atoms with Gasteiger partial charge in [-0.2, -0.15) is 0 Å².